The van der Waals surface area contributed by atoms with E-state index in [4.69, 9.17) is 0 Å². The van der Waals surface area contributed by atoms with Gasteiger partial charge >= 0.3 is 0 Å². The molecule has 3 heteroatoms. The molecular weight excluding hydrogens is 236 g/mol. The monoisotopic (exact) mass is 256 g/mol. The van der Waals surface area contributed by atoms with Crippen molar-refractivity contribution in [3.63, 3.8) is 0 Å². The zero-order chi connectivity index (χ0) is 13.8. The summed E-state index contributed by atoms with van der Waals surface area (Å²) in [5.74, 6) is 0.0112. The van der Waals surface area contributed by atoms with Gasteiger partial charge < -0.3 is 9.88 Å². The highest BCUT2D eigenvalue weighted by molar-refractivity contribution is 5.95. The molecule has 3 nitrogen and oxygen atoms in total. The number of hydrogen-bond acceptors (Lipinski definition) is 1. The van der Waals surface area contributed by atoms with Gasteiger partial charge in [0, 0.05) is 23.6 Å². The largest absolute Gasteiger partial charge is 0.352 e. The molecule has 0 bridgehead atoms. The van der Waals surface area contributed by atoms with Gasteiger partial charge in [-0.15, -0.1) is 0 Å². The van der Waals surface area contributed by atoms with Crippen LogP contribution in [0.3, 0.4) is 0 Å². The van der Waals surface area contributed by atoms with Crippen LogP contribution in [0.4, 0.5) is 0 Å². The summed E-state index contributed by atoms with van der Waals surface area (Å²) >= 11 is 0. The van der Waals surface area contributed by atoms with E-state index in [0.29, 0.717) is 6.54 Å². The number of nitrogens with zero attached hydrogens (tertiary/aromatic N) is 1. The van der Waals surface area contributed by atoms with Gasteiger partial charge in [-0.3, -0.25) is 4.79 Å². The Morgan fingerprint density at radius 1 is 1.21 bits per heavy atom. The van der Waals surface area contributed by atoms with Crippen molar-refractivity contribution in [3.8, 4) is 5.69 Å². The third-order valence-corrected chi connectivity index (χ3v) is 3.23. The van der Waals surface area contributed by atoms with Crippen LogP contribution < -0.4 is 5.32 Å². The summed E-state index contributed by atoms with van der Waals surface area (Å²) in [4.78, 5) is 12.1. The average Bonchev–Trinajstić information content (AvgIpc) is 2.72. The minimum absolute atomic E-state index is 0.0112. The quantitative estimate of drug-likeness (QED) is 0.895. The van der Waals surface area contributed by atoms with Crippen LogP contribution in [0.25, 0.3) is 5.69 Å². The van der Waals surface area contributed by atoms with E-state index in [-0.39, 0.29) is 5.91 Å². The molecule has 19 heavy (non-hydrogen) atoms. The maximum absolute atomic E-state index is 12.1. The molecule has 0 unspecified atom stereocenters. The summed E-state index contributed by atoms with van der Waals surface area (Å²) in [6.45, 7) is 6.78. The molecule has 1 aromatic heterocycles. The van der Waals surface area contributed by atoms with E-state index in [1.807, 2.05) is 57.2 Å². The summed E-state index contributed by atoms with van der Waals surface area (Å²) in [5.41, 5.74) is 3.91. The Kier molecular flexibility index (Phi) is 4.05. The maximum atomic E-state index is 12.1. The molecule has 2 rings (SSSR count). The molecule has 0 saturated carbocycles. The molecule has 1 aromatic carbocycles. The average molecular weight is 256 g/mol. The number of amides is 1. The number of rotatable bonds is 4. The third-order valence-electron chi connectivity index (χ3n) is 3.23. The van der Waals surface area contributed by atoms with Crippen molar-refractivity contribution < 1.29 is 4.79 Å². The SMILES string of the molecule is CCCNC(=O)c1cc(C)n(-c2ccccc2)c1C. The van der Waals surface area contributed by atoms with E-state index >= 15 is 0 Å². The molecule has 1 heterocycles. The maximum Gasteiger partial charge on any atom is 0.253 e. The first-order chi connectivity index (χ1) is 9.15. The number of nitrogens with one attached hydrogen (secondary N) is 1. The van der Waals surface area contributed by atoms with E-state index in [9.17, 15) is 4.79 Å². The molecule has 0 saturated heterocycles. The van der Waals surface area contributed by atoms with E-state index in [1.54, 1.807) is 0 Å². The highest BCUT2D eigenvalue weighted by Crippen LogP contribution is 2.20. The van der Waals surface area contributed by atoms with Crippen LogP contribution in [0.15, 0.2) is 36.4 Å². The standard InChI is InChI=1S/C16H20N2O/c1-4-10-17-16(19)15-11-12(2)18(13(15)3)14-8-6-5-7-9-14/h5-9,11H,4,10H2,1-3H3,(H,17,19). The molecule has 0 radical (unpaired) electrons. The number of carbonyl (C=O) groups excluding carboxylic acids is 1. The van der Waals surface area contributed by atoms with Gasteiger partial charge in [-0.2, -0.15) is 0 Å². The molecule has 0 aliphatic rings. The predicted molar refractivity (Wildman–Crippen MR) is 77.9 cm³/mol. The molecule has 0 spiro atoms. The van der Waals surface area contributed by atoms with Crippen LogP contribution in [0.1, 0.15) is 35.1 Å². The molecule has 1 N–H and O–H groups in total. The Balaban J connectivity index is 2.38. The van der Waals surface area contributed by atoms with Gasteiger partial charge in [-0.25, -0.2) is 0 Å². The number of aromatic nitrogens is 1. The van der Waals surface area contributed by atoms with Crippen molar-refractivity contribution in [2.75, 3.05) is 6.54 Å². The number of hydrogen-bond donors (Lipinski definition) is 1. The number of aryl methyl sites for hydroxylation is 1. The number of carbonyl (C=O) groups is 1. The van der Waals surface area contributed by atoms with Crippen LogP contribution in [-0.4, -0.2) is 17.0 Å². The lowest BCUT2D eigenvalue weighted by molar-refractivity contribution is 0.0953. The lowest BCUT2D eigenvalue weighted by Crippen LogP contribution is -2.24. The Morgan fingerprint density at radius 3 is 2.53 bits per heavy atom. The van der Waals surface area contributed by atoms with Gasteiger partial charge in [-0.1, -0.05) is 25.1 Å². The molecule has 100 valence electrons. The van der Waals surface area contributed by atoms with Gasteiger partial charge in [0.15, 0.2) is 0 Å². The molecule has 0 fully saturated rings. The van der Waals surface area contributed by atoms with Gasteiger partial charge in [-0.05, 0) is 38.5 Å². The fourth-order valence-corrected chi connectivity index (χ4v) is 2.30. The highest BCUT2D eigenvalue weighted by Gasteiger charge is 2.15. The number of para-hydroxylation sites is 1. The number of benzene rings is 1. The normalized spacial score (nSPS) is 10.5. The van der Waals surface area contributed by atoms with Crippen LogP contribution in [0, 0.1) is 13.8 Å². The summed E-state index contributed by atoms with van der Waals surface area (Å²) in [6.07, 6.45) is 0.948. The zero-order valence-electron chi connectivity index (χ0n) is 11.7. The van der Waals surface area contributed by atoms with Crippen LogP contribution in [-0.2, 0) is 0 Å². The van der Waals surface area contributed by atoms with Gasteiger partial charge in [0.05, 0.1) is 5.56 Å². The molecule has 0 aliphatic heterocycles. The Morgan fingerprint density at radius 2 is 1.89 bits per heavy atom. The first-order valence-electron chi connectivity index (χ1n) is 6.67. The Bertz CT molecular complexity index is 570. The van der Waals surface area contributed by atoms with Crippen LogP contribution >= 0.6 is 0 Å². The van der Waals surface area contributed by atoms with Crippen molar-refractivity contribution in [3.05, 3.63) is 53.3 Å². The Labute approximate surface area is 114 Å². The van der Waals surface area contributed by atoms with E-state index in [0.717, 1.165) is 29.1 Å². The molecule has 0 atom stereocenters. The van der Waals surface area contributed by atoms with Gasteiger partial charge in [0.2, 0.25) is 0 Å². The lowest BCUT2D eigenvalue weighted by atomic mass is 10.2. The van der Waals surface area contributed by atoms with Crippen molar-refractivity contribution in [2.24, 2.45) is 0 Å². The third kappa shape index (κ3) is 2.70. The first kappa shape index (κ1) is 13.4. The van der Waals surface area contributed by atoms with Crippen molar-refractivity contribution in [1.29, 1.82) is 0 Å². The summed E-state index contributed by atoms with van der Waals surface area (Å²) < 4.78 is 2.11. The van der Waals surface area contributed by atoms with E-state index in [1.165, 1.54) is 0 Å². The summed E-state index contributed by atoms with van der Waals surface area (Å²) in [5, 5.41) is 2.93. The van der Waals surface area contributed by atoms with Crippen molar-refractivity contribution >= 4 is 5.91 Å². The summed E-state index contributed by atoms with van der Waals surface area (Å²) in [6, 6.07) is 12.1. The minimum atomic E-state index is 0.0112. The first-order valence-corrected chi connectivity index (χ1v) is 6.67. The van der Waals surface area contributed by atoms with Crippen molar-refractivity contribution in [1.82, 2.24) is 9.88 Å². The molecule has 0 aliphatic carbocycles. The second kappa shape index (κ2) is 5.74. The Hall–Kier alpha value is -2.03. The minimum Gasteiger partial charge on any atom is -0.352 e. The lowest BCUT2D eigenvalue weighted by Gasteiger charge is -2.09. The smallest absolute Gasteiger partial charge is 0.253 e. The predicted octanol–water partition coefficient (Wildman–Crippen LogP) is 3.23. The zero-order valence-corrected chi connectivity index (χ0v) is 11.7. The highest BCUT2D eigenvalue weighted by atomic mass is 16.1. The molecule has 1 amide bonds. The fraction of sp³-hybridized carbons (Fsp3) is 0.312. The van der Waals surface area contributed by atoms with Crippen molar-refractivity contribution in [2.45, 2.75) is 27.2 Å². The second-order valence-corrected chi connectivity index (χ2v) is 4.71. The van der Waals surface area contributed by atoms with E-state index in [2.05, 4.69) is 9.88 Å². The van der Waals surface area contributed by atoms with E-state index < -0.39 is 0 Å². The fourth-order valence-electron chi connectivity index (χ4n) is 2.30. The van der Waals surface area contributed by atoms with Crippen LogP contribution in [0.5, 0.6) is 0 Å². The van der Waals surface area contributed by atoms with Gasteiger partial charge in [0.1, 0.15) is 0 Å². The van der Waals surface area contributed by atoms with Crippen LogP contribution in [0.2, 0.25) is 0 Å². The molecular formula is C16H20N2O. The second-order valence-electron chi connectivity index (χ2n) is 4.71. The van der Waals surface area contributed by atoms with Gasteiger partial charge in [0.25, 0.3) is 5.91 Å². The molecule has 2 aromatic rings. The summed E-state index contributed by atoms with van der Waals surface area (Å²) in [7, 11) is 0. The topological polar surface area (TPSA) is 34.0 Å².